The monoisotopic (exact) mass is 429 g/mol. The largest absolute Gasteiger partial charge is 0.368 e. The summed E-state index contributed by atoms with van der Waals surface area (Å²) in [6.07, 6.45) is 1.83. The van der Waals surface area contributed by atoms with E-state index >= 15 is 0 Å². The Balaban J connectivity index is 1.88. The normalized spacial score (nSPS) is 19.7. The van der Waals surface area contributed by atoms with Crippen molar-refractivity contribution in [2.24, 2.45) is 11.7 Å². The van der Waals surface area contributed by atoms with Gasteiger partial charge in [-0.05, 0) is 57.7 Å². The Hall–Kier alpha value is -2.19. The van der Waals surface area contributed by atoms with Gasteiger partial charge in [0.1, 0.15) is 22.2 Å². The van der Waals surface area contributed by atoms with Crippen LogP contribution >= 0.6 is 11.3 Å². The zero-order valence-electron chi connectivity index (χ0n) is 18.4. The van der Waals surface area contributed by atoms with E-state index in [4.69, 9.17) is 10.8 Å². The molecule has 0 aromatic carbocycles. The molecule has 2 unspecified atom stereocenters. The summed E-state index contributed by atoms with van der Waals surface area (Å²) in [6, 6.07) is 3.16. The van der Waals surface area contributed by atoms with Gasteiger partial charge in [-0.1, -0.05) is 13.8 Å². The molecule has 0 aliphatic carbocycles. The van der Waals surface area contributed by atoms with E-state index in [-0.39, 0.29) is 22.9 Å². The molecule has 4 heterocycles. The van der Waals surface area contributed by atoms with Crippen LogP contribution in [-0.2, 0) is 4.79 Å². The fourth-order valence-corrected chi connectivity index (χ4v) is 5.52. The van der Waals surface area contributed by atoms with Crippen molar-refractivity contribution in [3.63, 3.8) is 0 Å². The summed E-state index contributed by atoms with van der Waals surface area (Å²) in [6.45, 7) is 12.3. The number of carbonyl (C=O) groups excluding carboxylic acids is 1. The van der Waals surface area contributed by atoms with Crippen LogP contribution in [0.3, 0.4) is 0 Å². The summed E-state index contributed by atoms with van der Waals surface area (Å²) in [5.41, 5.74) is 6.19. The van der Waals surface area contributed by atoms with Crippen LogP contribution in [0.15, 0.2) is 22.3 Å². The van der Waals surface area contributed by atoms with Crippen LogP contribution in [0.2, 0.25) is 0 Å². The van der Waals surface area contributed by atoms with E-state index in [1.807, 2.05) is 21.9 Å². The zero-order chi connectivity index (χ0) is 21.8. The van der Waals surface area contributed by atoms with Gasteiger partial charge in [-0.25, -0.2) is 4.68 Å². The molecule has 2 N–H and O–H groups in total. The van der Waals surface area contributed by atoms with Crippen molar-refractivity contribution in [1.29, 1.82) is 0 Å². The van der Waals surface area contributed by atoms with Crippen LogP contribution in [0.1, 0.15) is 65.2 Å². The number of amides is 1. The third-order valence-electron chi connectivity index (χ3n) is 6.20. The van der Waals surface area contributed by atoms with E-state index < -0.39 is 11.9 Å². The van der Waals surface area contributed by atoms with Gasteiger partial charge in [0.2, 0.25) is 5.91 Å². The van der Waals surface area contributed by atoms with Gasteiger partial charge < -0.3 is 5.73 Å². The topological polar surface area (TPSA) is 85.6 Å². The van der Waals surface area contributed by atoms with Crippen molar-refractivity contribution in [2.75, 3.05) is 13.1 Å². The SMILES string of the molecule is CC(C)c1nn(C(C(N)=O)C2CCCN(C(C)(C)C)C2)c(=O)c2cc3ccsc3n12. The van der Waals surface area contributed by atoms with E-state index in [2.05, 4.69) is 39.5 Å². The van der Waals surface area contributed by atoms with Gasteiger partial charge in [-0.2, -0.15) is 5.10 Å². The van der Waals surface area contributed by atoms with Crippen molar-refractivity contribution in [3.8, 4) is 0 Å². The van der Waals surface area contributed by atoms with Gasteiger partial charge in [0.05, 0.1) is 0 Å². The van der Waals surface area contributed by atoms with Crippen LogP contribution in [-0.4, -0.2) is 43.6 Å². The highest BCUT2D eigenvalue weighted by Crippen LogP contribution is 2.32. The Morgan fingerprint density at radius 2 is 2.07 bits per heavy atom. The first-order chi connectivity index (χ1) is 14.1. The molecule has 1 saturated heterocycles. The van der Waals surface area contributed by atoms with Crippen LogP contribution in [0.25, 0.3) is 15.7 Å². The van der Waals surface area contributed by atoms with Crippen LogP contribution in [0, 0.1) is 5.92 Å². The number of likely N-dealkylation sites (tertiary alicyclic amines) is 1. The highest BCUT2D eigenvalue weighted by Gasteiger charge is 2.37. The summed E-state index contributed by atoms with van der Waals surface area (Å²) in [7, 11) is 0. The lowest BCUT2D eigenvalue weighted by molar-refractivity contribution is -0.124. The number of primary amides is 1. The fraction of sp³-hybridized carbons (Fsp3) is 0.591. The Labute approximate surface area is 180 Å². The van der Waals surface area contributed by atoms with E-state index in [0.29, 0.717) is 5.52 Å². The molecule has 2 atom stereocenters. The molecule has 3 aromatic rings. The van der Waals surface area contributed by atoms with Gasteiger partial charge in [0.15, 0.2) is 0 Å². The minimum atomic E-state index is -0.752. The summed E-state index contributed by atoms with van der Waals surface area (Å²) < 4.78 is 3.33. The summed E-state index contributed by atoms with van der Waals surface area (Å²) in [4.78, 5) is 29.5. The molecule has 0 spiro atoms. The van der Waals surface area contributed by atoms with Gasteiger partial charge in [-0.3, -0.25) is 18.9 Å². The lowest BCUT2D eigenvalue weighted by Crippen LogP contribution is -2.51. The Kier molecular flexibility index (Phi) is 5.26. The number of hydrogen-bond donors (Lipinski definition) is 1. The second kappa shape index (κ2) is 7.50. The van der Waals surface area contributed by atoms with E-state index in [1.165, 1.54) is 4.68 Å². The third kappa shape index (κ3) is 3.46. The molecule has 0 saturated carbocycles. The van der Waals surface area contributed by atoms with E-state index in [9.17, 15) is 9.59 Å². The summed E-state index contributed by atoms with van der Waals surface area (Å²) in [5, 5.41) is 7.78. The number of nitrogens with two attached hydrogens (primary N) is 1. The number of nitrogens with zero attached hydrogens (tertiary/aromatic N) is 4. The quantitative estimate of drug-likeness (QED) is 0.689. The third-order valence-corrected chi connectivity index (χ3v) is 7.12. The van der Waals surface area contributed by atoms with Gasteiger partial charge in [0.25, 0.3) is 5.56 Å². The molecule has 1 fully saturated rings. The summed E-state index contributed by atoms with van der Waals surface area (Å²) >= 11 is 1.59. The molecule has 0 bridgehead atoms. The molecular weight excluding hydrogens is 398 g/mol. The molecule has 162 valence electrons. The lowest BCUT2D eigenvalue weighted by Gasteiger charge is -2.43. The van der Waals surface area contributed by atoms with Crippen molar-refractivity contribution >= 4 is 33.0 Å². The first-order valence-corrected chi connectivity index (χ1v) is 11.5. The Morgan fingerprint density at radius 3 is 2.70 bits per heavy atom. The van der Waals surface area contributed by atoms with Crippen LogP contribution in [0.5, 0.6) is 0 Å². The lowest BCUT2D eigenvalue weighted by atomic mass is 9.87. The van der Waals surface area contributed by atoms with Crippen LogP contribution < -0.4 is 11.3 Å². The van der Waals surface area contributed by atoms with Crippen molar-refractivity contribution in [2.45, 2.75) is 65.0 Å². The average Bonchev–Trinajstić information content (AvgIpc) is 3.24. The molecule has 3 aromatic heterocycles. The number of thiophene rings is 1. The molecule has 30 heavy (non-hydrogen) atoms. The van der Waals surface area contributed by atoms with Crippen molar-refractivity contribution < 1.29 is 4.79 Å². The second-order valence-corrected chi connectivity index (χ2v) is 10.6. The highest BCUT2D eigenvalue weighted by atomic mass is 32.1. The fourth-order valence-electron chi connectivity index (χ4n) is 4.62. The number of aromatic nitrogens is 3. The number of rotatable bonds is 4. The second-order valence-electron chi connectivity index (χ2n) is 9.68. The molecule has 1 amide bonds. The molecule has 1 aliphatic rings. The van der Waals surface area contributed by atoms with Gasteiger partial charge >= 0.3 is 0 Å². The number of fused-ring (bicyclic) bond motifs is 3. The van der Waals surface area contributed by atoms with E-state index in [0.717, 1.165) is 42.0 Å². The maximum absolute atomic E-state index is 13.5. The highest BCUT2D eigenvalue weighted by molar-refractivity contribution is 7.16. The molecule has 7 nitrogen and oxygen atoms in total. The number of carbonyl (C=O) groups is 1. The maximum Gasteiger partial charge on any atom is 0.291 e. The molecule has 4 rings (SSSR count). The number of piperidine rings is 1. The first-order valence-electron chi connectivity index (χ1n) is 10.7. The van der Waals surface area contributed by atoms with E-state index in [1.54, 1.807) is 11.3 Å². The number of hydrogen-bond acceptors (Lipinski definition) is 5. The first kappa shape index (κ1) is 21.1. The Bertz CT molecular complexity index is 1150. The molecule has 8 heteroatoms. The molecular formula is C22H31N5O2S. The zero-order valence-corrected chi connectivity index (χ0v) is 19.2. The Morgan fingerprint density at radius 1 is 1.33 bits per heavy atom. The minimum absolute atomic E-state index is 0.00179. The maximum atomic E-state index is 13.5. The predicted octanol–water partition coefficient (Wildman–Crippen LogP) is 3.37. The molecule has 0 radical (unpaired) electrons. The predicted molar refractivity (Wildman–Crippen MR) is 121 cm³/mol. The van der Waals surface area contributed by atoms with Crippen LogP contribution in [0.4, 0.5) is 0 Å². The van der Waals surface area contributed by atoms with Crippen molar-refractivity contribution in [3.05, 3.63) is 33.7 Å². The van der Waals surface area contributed by atoms with Gasteiger partial charge in [-0.15, -0.1) is 11.3 Å². The standard InChI is InChI=1S/C22H31N5O2S/c1-13(2)19-24-27(20(29)16-11-14-8-10-30-21(14)26(16)19)17(18(23)28)15-7-6-9-25(12-15)22(3,4)5/h8,10-11,13,15,17H,6-7,9,12H2,1-5H3,(H2,23,28). The average molecular weight is 430 g/mol. The van der Waals surface area contributed by atoms with Gasteiger partial charge in [0, 0.05) is 29.3 Å². The minimum Gasteiger partial charge on any atom is -0.368 e. The van der Waals surface area contributed by atoms with Crippen molar-refractivity contribution in [1.82, 2.24) is 19.1 Å². The summed E-state index contributed by atoms with van der Waals surface area (Å²) in [5.74, 6) is 0.330. The molecule has 1 aliphatic heterocycles. The smallest absolute Gasteiger partial charge is 0.291 e.